The second kappa shape index (κ2) is 15.9. The number of anilines is 1. The van der Waals surface area contributed by atoms with Crippen LogP contribution in [0.5, 0.6) is 5.75 Å². The molecule has 1 aromatic carbocycles. The molecule has 32 heavy (non-hydrogen) atoms. The molecule has 1 aliphatic rings. The van der Waals surface area contributed by atoms with Crippen LogP contribution >= 0.6 is 0 Å². The van der Waals surface area contributed by atoms with E-state index in [-0.39, 0.29) is 6.10 Å². The summed E-state index contributed by atoms with van der Waals surface area (Å²) in [5.41, 5.74) is 1.22. The maximum Gasteiger partial charge on any atom is 0.328 e. The highest BCUT2D eigenvalue weighted by molar-refractivity contribution is 5.90. The van der Waals surface area contributed by atoms with Gasteiger partial charge in [0.05, 0.1) is 11.8 Å². The Morgan fingerprint density at radius 2 is 1.25 bits per heavy atom. The van der Waals surface area contributed by atoms with E-state index in [2.05, 4.69) is 42.3 Å². The van der Waals surface area contributed by atoms with E-state index in [1.165, 1.54) is 5.69 Å². The molecule has 0 spiro atoms. The zero-order valence-corrected chi connectivity index (χ0v) is 17.8. The average Bonchev–Trinajstić information content (AvgIpc) is 2.72. The molecule has 0 bridgehead atoms. The van der Waals surface area contributed by atoms with Crippen molar-refractivity contribution in [3.8, 4) is 5.75 Å². The van der Waals surface area contributed by atoms with Crippen molar-refractivity contribution in [1.29, 1.82) is 0 Å². The molecule has 176 valence electrons. The van der Waals surface area contributed by atoms with E-state index in [0.29, 0.717) is 24.3 Å². The minimum atomic E-state index is -1.26. The Balaban J connectivity index is 0.000000510. The van der Waals surface area contributed by atoms with Crippen LogP contribution < -0.4 is 15.0 Å². The highest BCUT2D eigenvalue weighted by Crippen LogP contribution is 2.28. The van der Waals surface area contributed by atoms with Crippen molar-refractivity contribution < 1.29 is 44.3 Å². The second-order valence-corrected chi connectivity index (χ2v) is 6.39. The topological polar surface area (TPSA) is 174 Å². The Kier molecular flexibility index (Phi) is 14.0. The average molecular weight is 452 g/mol. The molecule has 1 heterocycles. The van der Waals surface area contributed by atoms with E-state index >= 15 is 0 Å². The molecule has 0 atom stereocenters. The Morgan fingerprint density at radius 3 is 1.62 bits per heavy atom. The van der Waals surface area contributed by atoms with E-state index in [0.717, 1.165) is 31.9 Å². The summed E-state index contributed by atoms with van der Waals surface area (Å²) in [6.45, 7) is 8.34. The fourth-order valence-corrected chi connectivity index (χ4v) is 2.26. The van der Waals surface area contributed by atoms with Crippen molar-refractivity contribution >= 4 is 29.6 Å². The first-order chi connectivity index (χ1) is 15.0. The van der Waals surface area contributed by atoms with Gasteiger partial charge in [0.1, 0.15) is 5.75 Å². The van der Waals surface area contributed by atoms with Crippen LogP contribution in [0, 0.1) is 0 Å². The molecule has 0 aromatic heterocycles. The van der Waals surface area contributed by atoms with E-state index in [1.807, 2.05) is 6.07 Å². The molecule has 5 N–H and O–H groups in total. The van der Waals surface area contributed by atoms with Gasteiger partial charge in [0.15, 0.2) is 0 Å². The number of nitrogens with zero attached hydrogens (tertiary/aromatic N) is 1. The van der Waals surface area contributed by atoms with Crippen LogP contribution in [0.1, 0.15) is 13.8 Å². The number of carboxylic acid groups (broad SMARTS) is 4. The lowest BCUT2D eigenvalue weighted by Gasteiger charge is -2.31. The number of rotatable bonds is 7. The lowest BCUT2D eigenvalue weighted by Crippen LogP contribution is -2.43. The number of benzene rings is 1. The number of hydrogen-bond acceptors (Lipinski definition) is 7. The molecule has 0 amide bonds. The molecular weight excluding hydrogens is 424 g/mol. The predicted octanol–water partition coefficient (Wildman–Crippen LogP) is 1.31. The third kappa shape index (κ3) is 15.0. The van der Waals surface area contributed by atoms with Gasteiger partial charge in [-0.05, 0) is 26.0 Å². The number of carbonyl (C=O) groups is 4. The maximum atomic E-state index is 9.55. The van der Waals surface area contributed by atoms with E-state index in [4.69, 9.17) is 25.2 Å². The van der Waals surface area contributed by atoms with Gasteiger partial charge in [-0.1, -0.05) is 12.1 Å². The number of piperazine rings is 1. The van der Waals surface area contributed by atoms with Crippen LogP contribution in [0.15, 0.2) is 48.6 Å². The monoisotopic (exact) mass is 452 g/mol. The molecule has 1 aromatic rings. The summed E-state index contributed by atoms with van der Waals surface area (Å²) in [5.74, 6) is -4.03. The highest BCUT2D eigenvalue weighted by Gasteiger charge is 2.14. The Bertz CT molecular complexity index is 747. The van der Waals surface area contributed by atoms with Crippen LogP contribution in [-0.4, -0.2) is 76.6 Å². The highest BCUT2D eigenvalue weighted by atomic mass is 16.5. The minimum Gasteiger partial charge on any atom is -0.489 e. The van der Waals surface area contributed by atoms with Gasteiger partial charge in [-0.2, -0.15) is 0 Å². The van der Waals surface area contributed by atoms with Crippen LogP contribution in [0.4, 0.5) is 5.69 Å². The molecular formula is C21H28N2O9. The normalized spacial score (nSPS) is 13.0. The van der Waals surface area contributed by atoms with Crippen LogP contribution in [0.25, 0.3) is 0 Å². The standard InChI is InChI=1S/C13H20N2O.2C4H4O4/c1-11(2)16-13-6-4-3-5-12(13)15-9-7-14-8-10-15;2*5-3(6)1-2-4(7)8/h3-6,11,14H,7-10H2,1-2H3;2*1-2H,(H,5,6)(H,7,8). The first-order valence-electron chi connectivity index (χ1n) is 9.52. The SMILES string of the molecule is CC(C)Oc1ccccc1N1CCNCC1.O=C(O)C=CC(=O)O.O=C(O)C=CC(=O)O. The lowest BCUT2D eigenvalue weighted by molar-refractivity contribution is -0.134. The number of carboxylic acids is 4. The predicted molar refractivity (Wildman–Crippen MR) is 116 cm³/mol. The van der Waals surface area contributed by atoms with E-state index in [1.54, 1.807) is 0 Å². The quantitative estimate of drug-likeness (QED) is 0.377. The van der Waals surface area contributed by atoms with Crippen molar-refractivity contribution in [2.24, 2.45) is 0 Å². The zero-order chi connectivity index (χ0) is 24.5. The minimum absolute atomic E-state index is 0.226. The molecule has 0 aliphatic carbocycles. The summed E-state index contributed by atoms with van der Waals surface area (Å²) in [5, 5.41) is 34.6. The first kappa shape index (κ1) is 28.1. The molecule has 0 saturated carbocycles. The molecule has 0 radical (unpaired) electrons. The molecule has 2 rings (SSSR count). The van der Waals surface area contributed by atoms with Crippen LogP contribution in [0.3, 0.4) is 0 Å². The largest absolute Gasteiger partial charge is 0.489 e. The van der Waals surface area contributed by atoms with Crippen molar-refractivity contribution in [3.05, 3.63) is 48.6 Å². The summed E-state index contributed by atoms with van der Waals surface area (Å²) in [4.78, 5) is 40.6. The summed E-state index contributed by atoms with van der Waals surface area (Å²) in [7, 11) is 0. The van der Waals surface area contributed by atoms with Gasteiger partial charge >= 0.3 is 23.9 Å². The zero-order valence-electron chi connectivity index (χ0n) is 17.8. The second-order valence-electron chi connectivity index (χ2n) is 6.39. The molecule has 11 nitrogen and oxygen atoms in total. The fraction of sp³-hybridized carbons (Fsp3) is 0.333. The summed E-state index contributed by atoms with van der Waals surface area (Å²) in [6, 6.07) is 8.30. The Hall–Kier alpha value is -3.86. The van der Waals surface area contributed by atoms with Gasteiger partial charge in [0.25, 0.3) is 0 Å². The van der Waals surface area contributed by atoms with Crippen LogP contribution in [-0.2, 0) is 19.2 Å². The Morgan fingerprint density at radius 1 is 0.844 bits per heavy atom. The summed E-state index contributed by atoms with van der Waals surface area (Å²) >= 11 is 0. The third-order valence-corrected chi connectivity index (χ3v) is 3.42. The van der Waals surface area contributed by atoms with Crippen molar-refractivity contribution in [1.82, 2.24) is 5.32 Å². The summed E-state index contributed by atoms with van der Waals surface area (Å²) in [6.07, 6.45) is 2.46. The van der Waals surface area contributed by atoms with Gasteiger partial charge in [-0.15, -0.1) is 0 Å². The van der Waals surface area contributed by atoms with Gasteiger partial charge < -0.3 is 35.4 Å². The maximum absolute atomic E-state index is 9.55. The fourth-order valence-electron chi connectivity index (χ4n) is 2.26. The third-order valence-electron chi connectivity index (χ3n) is 3.42. The number of ether oxygens (including phenoxy) is 1. The van der Waals surface area contributed by atoms with Gasteiger partial charge in [-0.25, -0.2) is 19.2 Å². The molecule has 1 aliphatic heterocycles. The van der Waals surface area contributed by atoms with Gasteiger partial charge in [-0.3, -0.25) is 0 Å². The van der Waals surface area contributed by atoms with Crippen molar-refractivity contribution in [3.63, 3.8) is 0 Å². The number of hydrogen-bond donors (Lipinski definition) is 5. The number of aliphatic carboxylic acids is 4. The van der Waals surface area contributed by atoms with Gasteiger partial charge in [0.2, 0.25) is 0 Å². The molecule has 0 unspecified atom stereocenters. The smallest absolute Gasteiger partial charge is 0.328 e. The van der Waals surface area contributed by atoms with E-state index < -0.39 is 23.9 Å². The molecule has 1 fully saturated rings. The van der Waals surface area contributed by atoms with Crippen LogP contribution in [0.2, 0.25) is 0 Å². The lowest BCUT2D eigenvalue weighted by atomic mass is 10.2. The number of para-hydroxylation sites is 2. The molecule has 1 saturated heterocycles. The summed E-state index contributed by atoms with van der Waals surface area (Å²) < 4.78 is 5.84. The van der Waals surface area contributed by atoms with E-state index in [9.17, 15) is 19.2 Å². The van der Waals surface area contributed by atoms with Gasteiger partial charge in [0, 0.05) is 50.5 Å². The molecule has 11 heteroatoms. The first-order valence-corrected chi connectivity index (χ1v) is 9.52. The number of nitrogens with one attached hydrogen (secondary N) is 1. The Labute approximate surface area is 185 Å². The van der Waals surface area contributed by atoms with Crippen molar-refractivity contribution in [2.45, 2.75) is 20.0 Å². The van der Waals surface area contributed by atoms with Crippen molar-refractivity contribution in [2.75, 3.05) is 31.1 Å².